The summed E-state index contributed by atoms with van der Waals surface area (Å²) >= 11 is 5.99. The van der Waals surface area contributed by atoms with Crippen molar-refractivity contribution in [1.82, 2.24) is 19.9 Å². The standard InChI is InChI=1S/C28H28ClF5N6O2/c1-39-8-6-27(4-5-27)42-24-18-22(20(31)21(36-24)16-9-15(35)10-17(29)19(16)28(32,33)34)37-25(38-23(18)39)41-13-26-3-2-7-40(26)12-14(30)11-26/h9-10,14H,2-8,11-13,35H2,1H3/t14-,26+/m1/s1. The lowest BCUT2D eigenvalue weighted by atomic mass is 9.95. The molecule has 7 rings (SSSR count). The van der Waals surface area contributed by atoms with Crippen molar-refractivity contribution < 1.29 is 31.4 Å². The predicted molar refractivity (Wildman–Crippen MR) is 146 cm³/mol. The van der Waals surface area contributed by atoms with Crippen LogP contribution in [0.25, 0.3) is 22.2 Å². The van der Waals surface area contributed by atoms with Crippen molar-refractivity contribution in [3.05, 3.63) is 28.5 Å². The monoisotopic (exact) mass is 610 g/mol. The van der Waals surface area contributed by atoms with E-state index in [2.05, 4.69) is 19.9 Å². The molecule has 0 bridgehead atoms. The van der Waals surface area contributed by atoms with Crippen LogP contribution in [0.15, 0.2) is 12.1 Å². The molecular weight excluding hydrogens is 583 g/mol. The zero-order valence-corrected chi connectivity index (χ0v) is 23.5. The van der Waals surface area contributed by atoms with Crippen LogP contribution >= 0.6 is 11.6 Å². The van der Waals surface area contributed by atoms with Crippen LogP contribution in [-0.2, 0) is 6.18 Å². The molecule has 8 nitrogen and oxygen atoms in total. The van der Waals surface area contributed by atoms with E-state index in [1.807, 2.05) is 4.90 Å². The molecule has 3 aliphatic heterocycles. The Bertz CT molecular complexity index is 1600. The smallest absolute Gasteiger partial charge is 0.418 e. The maximum absolute atomic E-state index is 16.5. The molecule has 1 aliphatic carbocycles. The number of hydrogen-bond donors (Lipinski definition) is 1. The molecule has 2 atom stereocenters. The molecule has 0 amide bonds. The van der Waals surface area contributed by atoms with E-state index in [9.17, 15) is 17.6 Å². The SMILES string of the molecule is CN1CCC2(CC2)Oc2nc(-c3cc(N)cc(Cl)c3C(F)(F)F)c(F)c3nc(OC[C@@]45CCCN4C[C@H](F)C5)nc1c23. The number of alkyl halides is 4. The Morgan fingerprint density at radius 3 is 2.67 bits per heavy atom. The van der Waals surface area contributed by atoms with Crippen molar-refractivity contribution in [2.75, 3.05) is 43.9 Å². The number of pyridine rings is 1. The number of anilines is 2. The summed E-state index contributed by atoms with van der Waals surface area (Å²) in [5, 5.41) is -0.553. The highest BCUT2D eigenvalue weighted by Gasteiger charge is 2.50. The minimum Gasteiger partial charge on any atom is -0.470 e. The van der Waals surface area contributed by atoms with E-state index < -0.39 is 51.1 Å². The van der Waals surface area contributed by atoms with Gasteiger partial charge in [-0.1, -0.05) is 11.6 Å². The van der Waals surface area contributed by atoms with Gasteiger partial charge in [0.25, 0.3) is 0 Å². The number of aromatic nitrogens is 3. The second-order valence-corrected chi connectivity index (χ2v) is 12.3. The van der Waals surface area contributed by atoms with E-state index in [1.54, 1.807) is 7.05 Å². The van der Waals surface area contributed by atoms with Gasteiger partial charge in [-0.05, 0) is 44.4 Å². The molecular formula is C28H28ClF5N6O2. The third-order valence-corrected chi connectivity index (χ3v) is 9.28. The molecule has 1 spiro atoms. The van der Waals surface area contributed by atoms with E-state index in [0.29, 0.717) is 25.9 Å². The quantitative estimate of drug-likeness (QED) is 0.293. The lowest BCUT2D eigenvalue weighted by Crippen LogP contribution is -2.43. The van der Waals surface area contributed by atoms with Crippen molar-refractivity contribution in [3.63, 3.8) is 0 Å². The van der Waals surface area contributed by atoms with Crippen LogP contribution in [0.2, 0.25) is 5.02 Å². The van der Waals surface area contributed by atoms with Crippen LogP contribution in [0, 0.1) is 5.82 Å². The first-order valence-electron chi connectivity index (χ1n) is 13.9. The molecule has 2 saturated heterocycles. The Hall–Kier alpha value is -3.19. The van der Waals surface area contributed by atoms with E-state index >= 15 is 4.39 Å². The Balaban J connectivity index is 1.41. The van der Waals surface area contributed by atoms with Gasteiger partial charge in [0.1, 0.15) is 40.8 Å². The molecule has 1 saturated carbocycles. The van der Waals surface area contributed by atoms with Crippen LogP contribution < -0.4 is 20.1 Å². The fourth-order valence-corrected chi connectivity index (χ4v) is 7.01. The number of nitrogen functional groups attached to an aromatic ring is 1. The predicted octanol–water partition coefficient (Wildman–Crippen LogP) is 5.79. The van der Waals surface area contributed by atoms with E-state index in [1.165, 1.54) is 0 Å². The summed E-state index contributed by atoms with van der Waals surface area (Å²) in [7, 11) is 1.78. The number of nitrogens with zero attached hydrogens (tertiary/aromatic N) is 5. The van der Waals surface area contributed by atoms with Gasteiger partial charge in [0.15, 0.2) is 5.82 Å². The van der Waals surface area contributed by atoms with Crippen LogP contribution in [0.1, 0.15) is 44.1 Å². The molecule has 2 aromatic heterocycles. The van der Waals surface area contributed by atoms with E-state index in [0.717, 1.165) is 44.4 Å². The van der Waals surface area contributed by atoms with Crippen molar-refractivity contribution >= 4 is 34.0 Å². The summed E-state index contributed by atoms with van der Waals surface area (Å²) in [5.74, 6) is -0.923. The summed E-state index contributed by atoms with van der Waals surface area (Å²) < 4.78 is 85.7. The third-order valence-electron chi connectivity index (χ3n) is 8.98. The molecule has 0 radical (unpaired) electrons. The summed E-state index contributed by atoms with van der Waals surface area (Å²) in [4.78, 5) is 17.1. The number of fused-ring (bicyclic) bond motifs is 1. The minimum atomic E-state index is -4.93. The van der Waals surface area contributed by atoms with Gasteiger partial charge >= 0.3 is 12.2 Å². The van der Waals surface area contributed by atoms with E-state index in [-0.39, 0.29) is 40.9 Å². The largest absolute Gasteiger partial charge is 0.470 e. The number of nitrogens with two attached hydrogens (primary N) is 1. The number of hydrogen-bond acceptors (Lipinski definition) is 8. The van der Waals surface area contributed by atoms with Crippen LogP contribution in [0.3, 0.4) is 0 Å². The first kappa shape index (κ1) is 27.6. The molecule has 3 fully saturated rings. The van der Waals surface area contributed by atoms with Crippen LogP contribution in [0.5, 0.6) is 11.9 Å². The average molecular weight is 611 g/mol. The maximum atomic E-state index is 16.5. The van der Waals surface area contributed by atoms with Gasteiger partial charge in [0.05, 0.1) is 16.1 Å². The number of halogens is 6. The number of rotatable bonds is 4. The Morgan fingerprint density at radius 2 is 1.93 bits per heavy atom. The van der Waals surface area contributed by atoms with Gasteiger partial charge in [-0.15, -0.1) is 0 Å². The second-order valence-electron chi connectivity index (χ2n) is 11.9. The molecule has 14 heteroatoms. The Morgan fingerprint density at radius 1 is 1.14 bits per heavy atom. The second kappa shape index (κ2) is 9.40. The van der Waals surface area contributed by atoms with Gasteiger partial charge in [0.2, 0.25) is 5.88 Å². The van der Waals surface area contributed by atoms with Crippen LogP contribution in [0.4, 0.5) is 33.5 Å². The molecule has 42 heavy (non-hydrogen) atoms. The summed E-state index contributed by atoms with van der Waals surface area (Å²) in [6.45, 7) is 1.70. The first-order chi connectivity index (χ1) is 19.9. The minimum absolute atomic E-state index is 0.0738. The van der Waals surface area contributed by atoms with Gasteiger partial charge < -0.3 is 20.1 Å². The molecule has 224 valence electrons. The lowest BCUT2D eigenvalue weighted by molar-refractivity contribution is -0.137. The lowest BCUT2D eigenvalue weighted by Gasteiger charge is -2.31. The average Bonchev–Trinajstić information content (AvgIpc) is 3.46. The van der Waals surface area contributed by atoms with Crippen LogP contribution in [-0.4, -0.2) is 70.5 Å². The molecule has 5 heterocycles. The molecule has 4 aliphatic rings. The van der Waals surface area contributed by atoms with Gasteiger partial charge in [-0.2, -0.15) is 23.1 Å². The van der Waals surface area contributed by atoms with Gasteiger partial charge in [-0.25, -0.2) is 13.8 Å². The summed E-state index contributed by atoms with van der Waals surface area (Å²) in [6, 6.07) is 1.78. The van der Waals surface area contributed by atoms with Gasteiger partial charge in [0, 0.05) is 44.2 Å². The third kappa shape index (κ3) is 4.47. The molecule has 0 unspecified atom stereocenters. The van der Waals surface area contributed by atoms with E-state index in [4.69, 9.17) is 26.8 Å². The zero-order chi connectivity index (χ0) is 29.6. The molecule has 1 aromatic carbocycles. The topological polar surface area (TPSA) is 89.6 Å². The highest BCUT2D eigenvalue weighted by atomic mass is 35.5. The highest BCUT2D eigenvalue weighted by Crippen LogP contribution is 2.50. The first-order valence-corrected chi connectivity index (χ1v) is 14.3. The Labute approximate surface area is 242 Å². The normalized spacial score (nSPS) is 24.9. The fourth-order valence-electron chi connectivity index (χ4n) is 6.67. The number of ether oxygens (including phenoxy) is 2. The summed E-state index contributed by atoms with van der Waals surface area (Å²) in [5.41, 5.74) is 1.83. The van der Waals surface area contributed by atoms with Crippen molar-refractivity contribution in [1.29, 1.82) is 0 Å². The molecule has 2 N–H and O–H groups in total. The van der Waals surface area contributed by atoms with Crippen molar-refractivity contribution in [3.8, 4) is 23.1 Å². The van der Waals surface area contributed by atoms with Crippen molar-refractivity contribution in [2.45, 2.75) is 62.0 Å². The highest BCUT2D eigenvalue weighted by molar-refractivity contribution is 6.32. The maximum Gasteiger partial charge on any atom is 0.418 e. The summed E-state index contributed by atoms with van der Waals surface area (Å²) in [6.07, 6.45) is -1.90. The Kier molecular flexibility index (Phi) is 6.19. The van der Waals surface area contributed by atoms with Crippen molar-refractivity contribution in [2.24, 2.45) is 0 Å². The fraction of sp³-hybridized carbons (Fsp3) is 0.536. The number of benzene rings is 1. The zero-order valence-electron chi connectivity index (χ0n) is 22.7. The van der Waals surface area contributed by atoms with Gasteiger partial charge in [-0.3, -0.25) is 4.90 Å². The molecule has 3 aromatic rings.